The van der Waals surface area contributed by atoms with Crippen LogP contribution in [0.25, 0.3) is 11.1 Å². The molecule has 0 aromatic heterocycles. The highest BCUT2D eigenvalue weighted by molar-refractivity contribution is 7.80. The normalized spacial score (nSPS) is 11.5. The van der Waals surface area contributed by atoms with Crippen molar-refractivity contribution < 1.29 is 14.4 Å². The molecule has 0 saturated carbocycles. The van der Waals surface area contributed by atoms with E-state index in [0.717, 1.165) is 16.0 Å². The van der Waals surface area contributed by atoms with E-state index in [-0.39, 0.29) is 5.30 Å². The maximum absolute atomic E-state index is 11.0. The predicted molar refractivity (Wildman–Crippen MR) is 70.8 cm³/mol. The third-order valence-corrected chi connectivity index (χ3v) is 3.67. The lowest BCUT2D eigenvalue weighted by atomic mass is 10.1. The highest BCUT2D eigenvalue weighted by atomic mass is 32.1. The first kappa shape index (κ1) is 12.4. The second-order valence-electron chi connectivity index (χ2n) is 3.64. The lowest BCUT2D eigenvalue weighted by Crippen LogP contribution is -2.02. The van der Waals surface area contributed by atoms with Crippen LogP contribution in [0.2, 0.25) is 0 Å². The third kappa shape index (κ3) is 2.99. The van der Waals surface area contributed by atoms with Crippen molar-refractivity contribution in [2.75, 3.05) is 0 Å². The number of rotatable bonds is 2. The van der Waals surface area contributed by atoms with E-state index in [0.29, 0.717) is 0 Å². The summed E-state index contributed by atoms with van der Waals surface area (Å²) in [6.07, 6.45) is 0. The van der Waals surface area contributed by atoms with Gasteiger partial charge in [-0.25, -0.2) is 0 Å². The highest BCUT2D eigenvalue weighted by Crippen LogP contribution is 2.33. The molecule has 0 aliphatic heterocycles. The summed E-state index contributed by atoms with van der Waals surface area (Å²) in [6.45, 7) is 0. The molecule has 0 aliphatic rings. The van der Waals surface area contributed by atoms with E-state index >= 15 is 0 Å². The van der Waals surface area contributed by atoms with Crippen LogP contribution in [0.1, 0.15) is 0 Å². The summed E-state index contributed by atoms with van der Waals surface area (Å²) in [6, 6.07) is 13.9. The molecular weight excluding hydrogens is 255 g/mol. The fourth-order valence-corrected chi connectivity index (χ4v) is 2.19. The molecule has 88 valence electrons. The number of benzene rings is 2. The Kier molecular flexibility index (Phi) is 3.40. The first-order chi connectivity index (χ1) is 7.97. The summed E-state index contributed by atoms with van der Waals surface area (Å²) >= 11 is 4.20. The van der Waals surface area contributed by atoms with Crippen molar-refractivity contribution in [3.05, 3.63) is 48.5 Å². The molecule has 2 N–H and O–H groups in total. The molecular formula is C12H11O3PS. The van der Waals surface area contributed by atoms with Crippen LogP contribution in [0.4, 0.5) is 0 Å². The van der Waals surface area contributed by atoms with Gasteiger partial charge in [-0.05, 0) is 35.4 Å². The van der Waals surface area contributed by atoms with Gasteiger partial charge in [-0.1, -0.05) is 24.3 Å². The zero-order valence-corrected chi connectivity index (χ0v) is 10.6. The Bertz CT molecular complexity index is 557. The van der Waals surface area contributed by atoms with Gasteiger partial charge < -0.3 is 9.79 Å². The van der Waals surface area contributed by atoms with Gasteiger partial charge in [0.15, 0.2) is 0 Å². The van der Waals surface area contributed by atoms with Crippen LogP contribution >= 0.6 is 20.2 Å². The lowest BCUT2D eigenvalue weighted by molar-refractivity contribution is 0.387. The molecule has 0 unspecified atom stereocenters. The van der Waals surface area contributed by atoms with E-state index in [1.54, 1.807) is 12.1 Å². The van der Waals surface area contributed by atoms with Gasteiger partial charge in [0, 0.05) is 4.90 Å². The van der Waals surface area contributed by atoms with Crippen LogP contribution < -0.4 is 5.30 Å². The van der Waals surface area contributed by atoms with Crippen LogP contribution in [-0.2, 0) is 4.57 Å². The molecule has 5 heteroatoms. The van der Waals surface area contributed by atoms with Crippen LogP contribution in [0.5, 0.6) is 0 Å². The fraction of sp³-hybridized carbons (Fsp3) is 0. The Balaban J connectivity index is 2.36. The van der Waals surface area contributed by atoms with Crippen molar-refractivity contribution in [3.8, 4) is 11.1 Å². The Hall–Kier alpha value is -1.06. The van der Waals surface area contributed by atoms with Crippen molar-refractivity contribution in [1.29, 1.82) is 0 Å². The molecule has 2 aromatic rings. The van der Waals surface area contributed by atoms with Gasteiger partial charge in [0.25, 0.3) is 0 Å². The number of hydrogen-bond acceptors (Lipinski definition) is 2. The highest BCUT2D eigenvalue weighted by Gasteiger charge is 2.16. The average Bonchev–Trinajstić information content (AvgIpc) is 2.29. The molecule has 0 radical (unpaired) electrons. The zero-order valence-electron chi connectivity index (χ0n) is 8.82. The van der Waals surface area contributed by atoms with E-state index in [4.69, 9.17) is 9.79 Å². The molecule has 0 heterocycles. The van der Waals surface area contributed by atoms with Crippen molar-refractivity contribution >= 4 is 25.5 Å². The van der Waals surface area contributed by atoms with E-state index in [1.165, 1.54) is 12.1 Å². The third-order valence-electron chi connectivity index (χ3n) is 2.40. The second-order valence-corrected chi connectivity index (χ2v) is 5.76. The summed E-state index contributed by atoms with van der Waals surface area (Å²) in [5.41, 5.74) is 1.90. The molecule has 0 spiro atoms. The van der Waals surface area contributed by atoms with Gasteiger partial charge in [0.1, 0.15) is 0 Å². The molecule has 2 aromatic carbocycles. The predicted octanol–water partition coefficient (Wildman–Crippen LogP) is 2.45. The lowest BCUT2D eigenvalue weighted by Gasteiger charge is -2.06. The van der Waals surface area contributed by atoms with Crippen LogP contribution in [0.3, 0.4) is 0 Å². The number of thiol groups is 1. The molecule has 0 atom stereocenters. The number of hydrogen-bond donors (Lipinski definition) is 3. The zero-order chi connectivity index (χ0) is 12.5. The molecule has 0 saturated heterocycles. The summed E-state index contributed by atoms with van der Waals surface area (Å²) in [4.78, 5) is 18.9. The topological polar surface area (TPSA) is 57.5 Å². The van der Waals surface area contributed by atoms with Crippen LogP contribution in [-0.4, -0.2) is 9.79 Å². The fourth-order valence-electron chi connectivity index (χ4n) is 1.50. The van der Waals surface area contributed by atoms with Crippen LogP contribution in [0.15, 0.2) is 53.4 Å². The van der Waals surface area contributed by atoms with Gasteiger partial charge in [-0.3, -0.25) is 4.57 Å². The average molecular weight is 266 g/mol. The Morgan fingerprint density at radius 3 is 1.65 bits per heavy atom. The quantitative estimate of drug-likeness (QED) is 0.578. The maximum atomic E-state index is 11.0. The van der Waals surface area contributed by atoms with Crippen molar-refractivity contribution in [2.24, 2.45) is 0 Å². The van der Waals surface area contributed by atoms with E-state index < -0.39 is 7.60 Å². The van der Waals surface area contributed by atoms with Gasteiger partial charge in [0.05, 0.1) is 5.30 Å². The van der Waals surface area contributed by atoms with Crippen molar-refractivity contribution in [2.45, 2.75) is 4.90 Å². The summed E-state index contributed by atoms with van der Waals surface area (Å²) in [7, 11) is -4.15. The minimum atomic E-state index is -4.15. The molecule has 0 amide bonds. The molecule has 2 rings (SSSR count). The standard InChI is InChI=1S/C12H11O3PS/c13-16(14,15)11-5-1-9(2-6-11)10-3-7-12(17)8-4-10/h1-8,17H,(H2,13,14,15). The second kappa shape index (κ2) is 4.67. The first-order valence-corrected chi connectivity index (χ1v) is 6.98. The van der Waals surface area contributed by atoms with E-state index in [2.05, 4.69) is 12.6 Å². The van der Waals surface area contributed by atoms with Gasteiger partial charge in [-0.2, -0.15) is 0 Å². The van der Waals surface area contributed by atoms with Gasteiger partial charge in [-0.15, -0.1) is 12.6 Å². The SMILES string of the molecule is O=P(O)(O)c1ccc(-c2ccc(S)cc2)cc1. The first-order valence-electron chi connectivity index (χ1n) is 4.92. The monoisotopic (exact) mass is 266 g/mol. The van der Waals surface area contributed by atoms with E-state index in [1.807, 2.05) is 24.3 Å². The van der Waals surface area contributed by atoms with Gasteiger partial charge >= 0.3 is 7.60 Å². The van der Waals surface area contributed by atoms with Crippen LogP contribution in [0, 0.1) is 0 Å². The smallest absolute Gasteiger partial charge is 0.321 e. The summed E-state index contributed by atoms with van der Waals surface area (Å²) in [5.74, 6) is 0. The largest absolute Gasteiger partial charge is 0.356 e. The summed E-state index contributed by atoms with van der Waals surface area (Å²) < 4.78 is 11.0. The molecule has 3 nitrogen and oxygen atoms in total. The van der Waals surface area contributed by atoms with Crippen molar-refractivity contribution in [3.63, 3.8) is 0 Å². The summed E-state index contributed by atoms with van der Waals surface area (Å²) in [5, 5.41) is 0.0343. The minimum Gasteiger partial charge on any atom is -0.321 e. The molecule has 0 fully saturated rings. The minimum absolute atomic E-state index is 0.0343. The Labute approximate surface area is 105 Å². The molecule has 0 aliphatic carbocycles. The van der Waals surface area contributed by atoms with Crippen molar-refractivity contribution in [1.82, 2.24) is 0 Å². The van der Waals surface area contributed by atoms with E-state index in [9.17, 15) is 4.57 Å². The Morgan fingerprint density at radius 1 is 0.824 bits per heavy atom. The maximum Gasteiger partial charge on any atom is 0.356 e. The Morgan fingerprint density at radius 2 is 1.24 bits per heavy atom. The van der Waals surface area contributed by atoms with Gasteiger partial charge in [0.2, 0.25) is 0 Å². The molecule has 0 bridgehead atoms. The molecule has 17 heavy (non-hydrogen) atoms.